The Morgan fingerprint density at radius 1 is 1.62 bits per heavy atom. The highest BCUT2D eigenvalue weighted by Crippen LogP contribution is 2.06. The van der Waals surface area contributed by atoms with E-state index < -0.39 is 0 Å². The molecule has 3 N–H and O–H groups in total. The van der Waals surface area contributed by atoms with Gasteiger partial charge in [-0.2, -0.15) is 0 Å². The molecule has 1 heterocycles. The van der Waals surface area contributed by atoms with Crippen LogP contribution in [0, 0.1) is 5.82 Å². The maximum Gasteiger partial charge on any atom is 0.143 e. The number of halogens is 1. The van der Waals surface area contributed by atoms with Gasteiger partial charge in [0.05, 0.1) is 18.1 Å². The minimum Gasteiger partial charge on any atom is -0.384 e. The van der Waals surface area contributed by atoms with Gasteiger partial charge in [0.2, 0.25) is 0 Å². The van der Waals surface area contributed by atoms with Crippen LogP contribution in [0.2, 0.25) is 0 Å². The summed E-state index contributed by atoms with van der Waals surface area (Å²) in [6.45, 7) is 2.67. The molecule has 0 spiro atoms. The summed E-state index contributed by atoms with van der Waals surface area (Å²) in [6.07, 6.45) is 3.62. The molecule has 0 bridgehead atoms. The minimum atomic E-state index is -0.328. The summed E-state index contributed by atoms with van der Waals surface area (Å²) < 4.78 is 12.6. The lowest BCUT2D eigenvalue weighted by Crippen LogP contribution is -2.19. The van der Waals surface area contributed by atoms with Crippen LogP contribution in [0.1, 0.15) is 13.3 Å². The zero-order chi connectivity index (χ0) is 9.68. The fraction of sp³-hybridized carbons (Fsp3) is 0.444. The lowest BCUT2D eigenvalue weighted by molar-refractivity contribution is 0.621. The first-order valence-electron chi connectivity index (χ1n) is 4.28. The molecule has 4 heteroatoms. The Labute approximate surface area is 77.2 Å². The molecular formula is C9H14FN3. The Morgan fingerprint density at radius 2 is 2.38 bits per heavy atom. The topological polar surface area (TPSA) is 50.9 Å². The monoisotopic (exact) mass is 183 g/mol. The van der Waals surface area contributed by atoms with Gasteiger partial charge in [-0.05, 0) is 13.3 Å². The number of aromatic nitrogens is 1. The van der Waals surface area contributed by atoms with Crippen LogP contribution in [0.4, 0.5) is 10.1 Å². The fourth-order valence-electron chi connectivity index (χ4n) is 0.953. The van der Waals surface area contributed by atoms with E-state index in [-0.39, 0.29) is 11.9 Å². The SMILES string of the molecule is C[C@H](N)CCNc1cncc(F)c1. The van der Waals surface area contributed by atoms with Gasteiger partial charge in [-0.25, -0.2) is 4.39 Å². The van der Waals surface area contributed by atoms with Crippen molar-refractivity contribution in [2.24, 2.45) is 5.73 Å². The zero-order valence-electron chi connectivity index (χ0n) is 7.63. The molecule has 0 aliphatic heterocycles. The molecule has 72 valence electrons. The van der Waals surface area contributed by atoms with Crippen LogP contribution in [0.25, 0.3) is 0 Å². The van der Waals surface area contributed by atoms with Crippen molar-refractivity contribution >= 4 is 5.69 Å². The molecule has 0 aliphatic rings. The Balaban J connectivity index is 2.37. The van der Waals surface area contributed by atoms with Gasteiger partial charge in [-0.15, -0.1) is 0 Å². The van der Waals surface area contributed by atoms with E-state index >= 15 is 0 Å². The molecule has 0 fully saturated rings. The average Bonchev–Trinajstić information content (AvgIpc) is 2.03. The first kappa shape index (κ1) is 9.92. The maximum atomic E-state index is 12.6. The Morgan fingerprint density at radius 3 is 3.00 bits per heavy atom. The second-order valence-electron chi connectivity index (χ2n) is 3.08. The molecular weight excluding hydrogens is 169 g/mol. The highest BCUT2D eigenvalue weighted by atomic mass is 19.1. The third-order valence-electron chi connectivity index (χ3n) is 1.63. The van der Waals surface area contributed by atoms with E-state index in [2.05, 4.69) is 10.3 Å². The molecule has 1 rings (SSSR count). The molecule has 1 aromatic heterocycles. The number of nitrogens with one attached hydrogen (secondary N) is 1. The number of nitrogens with two attached hydrogens (primary N) is 1. The van der Waals surface area contributed by atoms with Crippen molar-refractivity contribution in [3.63, 3.8) is 0 Å². The van der Waals surface area contributed by atoms with Gasteiger partial charge in [0.1, 0.15) is 5.82 Å². The van der Waals surface area contributed by atoms with E-state index in [1.165, 1.54) is 12.3 Å². The summed E-state index contributed by atoms with van der Waals surface area (Å²) in [5.41, 5.74) is 6.25. The van der Waals surface area contributed by atoms with Crippen LogP contribution >= 0.6 is 0 Å². The highest BCUT2D eigenvalue weighted by Gasteiger charge is 1.96. The molecule has 1 atom stereocenters. The lowest BCUT2D eigenvalue weighted by Gasteiger charge is -2.07. The number of hydrogen-bond acceptors (Lipinski definition) is 3. The summed E-state index contributed by atoms with van der Waals surface area (Å²) in [4.78, 5) is 3.71. The molecule has 0 unspecified atom stereocenters. The second-order valence-corrected chi connectivity index (χ2v) is 3.08. The molecule has 13 heavy (non-hydrogen) atoms. The third kappa shape index (κ3) is 3.85. The van der Waals surface area contributed by atoms with Crippen molar-refractivity contribution in [2.45, 2.75) is 19.4 Å². The summed E-state index contributed by atoms with van der Waals surface area (Å²) in [5, 5.41) is 3.03. The molecule has 0 aromatic carbocycles. The fourth-order valence-corrected chi connectivity index (χ4v) is 0.953. The average molecular weight is 183 g/mol. The number of nitrogens with zero attached hydrogens (tertiary/aromatic N) is 1. The summed E-state index contributed by atoms with van der Waals surface area (Å²) >= 11 is 0. The first-order chi connectivity index (χ1) is 6.18. The molecule has 0 saturated heterocycles. The predicted octanol–water partition coefficient (Wildman–Crippen LogP) is 1.37. The van der Waals surface area contributed by atoms with Crippen LogP contribution in [0.5, 0.6) is 0 Å². The Bertz CT molecular complexity index is 263. The van der Waals surface area contributed by atoms with E-state index in [1.807, 2.05) is 6.92 Å². The van der Waals surface area contributed by atoms with Crippen LogP contribution < -0.4 is 11.1 Å². The summed E-state index contributed by atoms with van der Waals surface area (Å²) in [6, 6.07) is 1.57. The number of pyridine rings is 1. The van der Waals surface area contributed by atoms with Gasteiger partial charge in [-0.3, -0.25) is 4.98 Å². The van der Waals surface area contributed by atoms with Crippen molar-refractivity contribution in [2.75, 3.05) is 11.9 Å². The molecule has 1 aromatic rings. The van der Waals surface area contributed by atoms with Crippen molar-refractivity contribution < 1.29 is 4.39 Å². The molecule has 0 radical (unpaired) electrons. The number of hydrogen-bond donors (Lipinski definition) is 2. The largest absolute Gasteiger partial charge is 0.384 e. The summed E-state index contributed by atoms with van der Waals surface area (Å²) in [5.74, 6) is -0.328. The van der Waals surface area contributed by atoms with Gasteiger partial charge in [-0.1, -0.05) is 0 Å². The molecule has 3 nitrogen and oxygen atoms in total. The first-order valence-corrected chi connectivity index (χ1v) is 4.28. The summed E-state index contributed by atoms with van der Waals surface area (Å²) in [7, 11) is 0. The third-order valence-corrected chi connectivity index (χ3v) is 1.63. The highest BCUT2D eigenvalue weighted by molar-refractivity contribution is 5.39. The van der Waals surface area contributed by atoms with Gasteiger partial charge < -0.3 is 11.1 Å². The van der Waals surface area contributed by atoms with E-state index in [0.29, 0.717) is 5.69 Å². The smallest absolute Gasteiger partial charge is 0.143 e. The Kier molecular flexibility index (Phi) is 3.64. The molecule has 0 saturated carbocycles. The van der Waals surface area contributed by atoms with Crippen LogP contribution in [-0.2, 0) is 0 Å². The lowest BCUT2D eigenvalue weighted by atomic mass is 10.2. The standard InChI is InChI=1S/C9H14FN3/c1-7(11)2-3-13-9-4-8(10)5-12-6-9/h4-7,13H,2-3,11H2,1H3/t7-/m0/s1. The normalized spacial score (nSPS) is 12.5. The van der Waals surface area contributed by atoms with Crippen LogP contribution in [0.3, 0.4) is 0 Å². The number of rotatable bonds is 4. The van der Waals surface area contributed by atoms with E-state index in [1.54, 1.807) is 6.20 Å². The van der Waals surface area contributed by atoms with E-state index in [9.17, 15) is 4.39 Å². The van der Waals surface area contributed by atoms with E-state index in [0.717, 1.165) is 13.0 Å². The van der Waals surface area contributed by atoms with Crippen LogP contribution in [0.15, 0.2) is 18.5 Å². The predicted molar refractivity (Wildman–Crippen MR) is 51.0 cm³/mol. The molecule has 0 amide bonds. The maximum absolute atomic E-state index is 12.6. The zero-order valence-corrected chi connectivity index (χ0v) is 7.63. The minimum absolute atomic E-state index is 0.161. The van der Waals surface area contributed by atoms with Crippen molar-refractivity contribution in [3.05, 3.63) is 24.3 Å². The molecule has 0 aliphatic carbocycles. The van der Waals surface area contributed by atoms with E-state index in [4.69, 9.17) is 5.73 Å². The van der Waals surface area contributed by atoms with Gasteiger partial charge in [0.15, 0.2) is 0 Å². The van der Waals surface area contributed by atoms with Crippen LogP contribution in [-0.4, -0.2) is 17.6 Å². The van der Waals surface area contributed by atoms with Crippen molar-refractivity contribution in [1.29, 1.82) is 0 Å². The van der Waals surface area contributed by atoms with Crippen molar-refractivity contribution in [3.8, 4) is 0 Å². The van der Waals surface area contributed by atoms with Gasteiger partial charge >= 0.3 is 0 Å². The van der Waals surface area contributed by atoms with Crippen molar-refractivity contribution in [1.82, 2.24) is 4.98 Å². The Hall–Kier alpha value is -1.16. The van der Waals surface area contributed by atoms with Gasteiger partial charge in [0, 0.05) is 18.7 Å². The quantitative estimate of drug-likeness (QED) is 0.741. The second kappa shape index (κ2) is 4.77. The van der Waals surface area contributed by atoms with Gasteiger partial charge in [0.25, 0.3) is 0 Å². The number of anilines is 1.